The first-order valence-electron chi connectivity index (χ1n) is 6.14. The smallest absolute Gasteiger partial charge is 0.222 e. The average molecular weight is 296 g/mol. The van der Waals surface area contributed by atoms with E-state index in [4.69, 9.17) is 4.42 Å². The highest BCUT2D eigenvalue weighted by Crippen LogP contribution is 2.14. The van der Waals surface area contributed by atoms with E-state index >= 15 is 0 Å². The predicted octanol–water partition coefficient (Wildman–Crippen LogP) is 0.729. The fourth-order valence-corrected chi connectivity index (χ4v) is 2.33. The minimum atomic E-state index is 0.0693. The van der Waals surface area contributed by atoms with Gasteiger partial charge < -0.3 is 9.32 Å². The summed E-state index contributed by atoms with van der Waals surface area (Å²) in [5, 5.41) is 11.9. The first-order chi connectivity index (χ1) is 9.66. The van der Waals surface area contributed by atoms with Crippen LogP contribution in [0.3, 0.4) is 0 Å². The topological polar surface area (TPSA) is 89.9 Å². The van der Waals surface area contributed by atoms with Gasteiger partial charge in [0.1, 0.15) is 6.26 Å². The van der Waals surface area contributed by atoms with E-state index in [-0.39, 0.29) is 5.91 Å². The monoisotopic (exact) mass is 296 g/mol. The van der Waals surface area contributed by atoms with Crippen LogP contribution in [-0.4, -0.2) is 48.8 Å². The number of carbonyl (C=O) groups excluding carboxylic acids is 1. The number of aromatic nitrogens is 5. The van der Waals surface area contributed by atoms with Gasteiger partial charge in [0.15, 0.2) is 0 Å². The SMILES string of the molecule is CN(Cc1ncco1)C(=O)CCCSc1nnnn1C. The van der Waals surface area contributed by atoms with E-state index in [0.717, 1.165) is 17.3 Å². The highest BCUT2D eigenvalue weighted by atomic mass is 32.2. The Kier molecular flexibility index (Phi) is 5.10. The standard InChI is InChI=1S/C11H16N6O2S/c1-16(8-9-12-5-6-19-9)10(18)4-3-7-20-11-13-14-15-17(11)2/h5-6H,3-4,7-8H2,1-2H3. The van der Waals surface area contributed by atoms with Crippen LogP contribution in [0.25, 0.3) is 0 Å². The van der Waals surface area contributed by atoms with Crippen molar-refractivity contribution in [1.29, 1.82) is 0 Å². The maximum absolute atomic E-state index is 11.9. The van der Waals surface area contributed by atoms with Gasteiger partial charge in [0, 0.05) is 26.3 Å². The van der Waals surface area contributed by atoms with Crippen LogP contribution in [-0.2, 0) is 18.4 Å². The molecule has 2 heterocycles. The average Bonchev–Trinajstić information content (AvgIpc) is 3.06. The third kappa shape index (κ3) is 4.05. The fraction of sp³-hybridized carbons (Fsp3) is 0.545. The summed E-state index contributed by atoms with van der Waals surface area (Å²) in [5.41, 5.74) is 0. The van der Waals surface area contributed by atoms with Crippen molar-refractivity contribution in [2.45, 2.75) is 24.5 Å². The van der Waals surface area contributed by atoms with Crippen molar-refractivity contribution >= 4 is 17.7 Å². The van der Waals surface area contributed by atoms with Crippen molar-refractivity contribution in [2.24, 2.45) is 7.05 Å². The molecule has 108 valence electrons. The molecule has 0 unspecified atom stereocenters. The van der Waals surface area contributed by atoms with E-state index in [1.807, 2.05) is 0 Å². The lowest BCUT2D eigenvalue weighted by atomic mass is 10.3. The summed E-state index contributed by atoms with van der Waals surface area (Å²) in [6.07, 6.45) is 4.32. The van der Waals surface area contributed by atoms with Crippen molar-refractivity contribution in [1.82, 2.24) is 30.1 Å². The Hall–Kier alpha value is -1.90. The minimum absolute atomic E-state index is 0.0693. The van der Waals surface area contributed by atoms with Gasteiger partial charge in [0.25, 0.3) is 0 Å². The summed E-state index contributed by atoms with van der Waals surface area (Å²) in [7, 11) is 3.53. The summed E-state index contributed by atoms with van der Waals surface area (Å²) in [5.74, 6) is 1.41. The molecule has 0 spiro atoms. The summed E-state index contributed by atoms with van der Waals surface area (Å²) < 4.78 is 6.72. The van der Waals surface area contributed by atoms with Gasteiger partial charge in [-0.15, -0.1) is 5.10 Å². The van der Waals surface area contributed by atoms with Crippen LogP contribution < -0.4 is 0 Å². The molecule has 0 radical (unpaired) electrons. The van der Waals surface area contributed by atoms with Crippen molar-refractivity contribution < 1.29 is 9.21 Å². The zero-order valence-electron chi connectivity index (χ0n) is 11.4. The Morgan fingerprint density at radius 1 is 1.55 bits per heavy atom. The number of thioether (sulfide) groups is 1. The molecule has 0 aliphatic carbocycles. The zero-order chi connectivity index (χ0) is 14.4. The number of aryl methyl sites for hydroxylation is 1. The Morgan fingerprint density at radius 3 is 3.05 bits per heavy atom. The fourth-order valence-electron chi connectivity index (χ4n) is 1.54. The molecule has 20 heavy (non-hydrogen) atoms. The summed E-state index contributed by atoms with van der Waals surface area (Å²) >= 11 is 1.54. The molecule has 0 atom stereocenters. The van der Waals surface area contributed by atoms with Crippen molar-refractivity contribution in [3.63, 3.8) is 0 Å². The lowest BCUT2D eigenvalue weighted by molar-refractivity contribution is -0.130. The van der Waals surface area contributed by atoms with Crippen LogP contribution in [0.4, 0.5) is 0 Å². The molecule has 0 aliphatic rings. The third-order valence-corrected chi connectivity index (χ3v) is 3.73. The van der Waals surface area contributed by atoms with Crippen LogP contribution in [0.5, 0.6) is 0 Å². The van der Waals surface area contributed by atoms with Crippen molar-refractivity contribution in [3.8, 4) is 0 Å². The predicted molar refractivity (Wildman–Crippen MR) is 71.7 cm³/mol. The Balaban J connectivity index is 1.66. The van der Waals surface area contributed by atoms with Crippen molar-refractivity contribution in [3.05, 3.63) is 18.4 Å². The molecule has 2 aromatic heterocycles. The van der Waals surface area contributed by atoms with Crippen LogP contribution >= 0.6 is 11.8 Å². The molecule has 0 saturated heterocycles. The molecule has 0 N–H and O–H groups in total. The van der Waals surface area contributed by atoms with Gasteiger partial charge in [-0.3, -0.25) is 4.79 Å². The van der Waals surface area contributed by atoms with E-state index in [1.165, 1.54) is 18.0 Å². The number of oxazole rings is 1. The molecule has 2 rings (SSSR count). The minimum Gasteiger partial charge on any atom is -0.447 e. The van der Waals surface area contributed by atoms with Gasteiger partial charge in [-0.25, -0.2) is 9.67 Å². The molecule has 0 saturated carbocycles. The second kappa shape index (κ2) is 7.04. The first-order valence-corrected chi connectivity index (χ1v) is 7.13. The maximum atomic E-state index is 11.9. The number of amides is 1. The van der Waals surface area contributed by atoms with Crippen LogP contribution in [0.1, 0.15) is 18.7 Å². The molecule has 9 heteroatoms. The van der Waals surface area contributed by atoms with E-state index in [1.54, 1.807) is 29.9 Å². The number of carbonyl (C=O) groups is 1. The van der Waals surface area contributed by atoms with Crippen LogP contribution in [0.2, 0.25) is 0 Å². The summed E-state index contributed by atoms with van der Waals surface area (Å²) in [6, 6.07) is 0. The van der Waals surface area contributed by atoms with Crippen LogP contribution in [0, 0.1) is 0 Å². The highest BCUT2D eigenvalue weighted by Gasteiger charge is 2.11. The lowest BCUT2D eigenvalue weighted by Gasteiger charge is -2.14. The molecule has 0 aliphatic heterocycles. The number of nitrogens with zero attached hydrogens (tertiary/aromatic N) is 6. The Bertz CT molecular complexity index is 541. The Labute approximate surface area is 120 Å². The molecule has 8 nitrogen and oxygen atoms in total. The number of rotatable bonds is 7. The largest absolute Gasteiger partial charge is 0.447 e. The summed E-state index contributed by atoms with van der Waals surface area (Å²) in [6.45, 7) is 0.395. The molecule has 0 aromatic carbocycles. The second-order valence-corrected chi connectivity index (χ2v) is 5.27. The highest BCUT2D eigenvalue weighted by molar-refractivity contribution is 7.99. The third-order valence-electron chi connectivity index (χ3n) is 2.63. The van der Waals surface area contributed by atoms with Gasteiger partial charge >= 0.3 is 0 Å². The van der Waals surface area contributed by atoms with Gasteiger partial charge in [-0.2, -0.15) is 0 Å². The molecular formula is C11H16N6O2S. The number of hydrogen-bond acceptors (Lipinski definition) is 7. The van der Waals surface area contributed by atoms with Gasteiger partial charge in [0.2, 0.25) is 17.0 Å². The zero-order valence-corrected chi connectivity index (χ0v) is 12.2. The van der Waals surface area contributed by atoms with E-state index in [0.29, 0.717) is 18.9 Å². The van der Waals surface area contributed by atoms with Gasteiger partial charge in [-0.1, -0.05) is 11.8 Å². The van der Waals surface area contributed by atoms with Gasteiger partial charge in [-0.05, 0) is 16.8 Å². The second-order valence-electron chi connectivity index (χ2n) is 4.21. The molecule has 1 amide bonds. The first kappa shape index (κ1) is 14.5. The summed E-state index contributed by atoms with van der Waals surface area (Å²) in [4.78, 5) is 17.5. The molecule has 0 fully saturated rings. The molecule has 0 bridgehead atoms. The molecule has 2 aromatic rings. The van der Waals surface area contributed by atoms with E-state index < -0.39 is 0 Å². The van der Waals surface area contributed by atoms with Crippen LogP contribution in [0.15, 0.2) is 22.0 Å². The molecular weight excluding hydrogens is 280 g/mol. The normalized spacial score (nSPS) is 10.7. The Morgan fingerprint density at radius 2 is 2.40 bits per heavy atom. The number of hydrogen-bond donors (Lipinski definition) is 0. The number of tetrazole rings is 1. The van der Waals surface area contributed by atoms with E-state index in [2.05, 4.69) is 20.5 Å². The maximum Gasteiger partial charge on any atom is 0.222 e. The van der Waals surface area contributed by atoms with E-state index in [9.17, 15) is 4.79 Å². The quantitative estimate of drug-likeness (QED) is 0.549. The van der Waals surface area contributed by atoms with Gasteiger partial charge in [0.05, 0.1) is 12.7 Å². The van der Waals surface area contributed by atoms with Crippen molar-refractivity contribution in [2.75, 3.05) is 12.8 Å². The lowest BCUT2D eigenvalue weighted by Crippen LogP contribution is -2.26.